The van der Waals surface area contributed by atoms with E-state index in [4.69, 9.17) is 0 Å². The molecule has 2 heterocycles. The number of carbonyl (C=O) groups excluding carboxylic acids is 2. The van der Waals surface area contributed by atoms with E-state index in [0.29, 0.717) is 6.54 Å². The van der Waals surface area contributed by atoms with Gasteiger partial charge in [0, 0.05) is 25.3 Å². The van der Waals surface area contributed by atoms with Gasteiger partial charge in [-0.1, -0.05) is 45.9 Å². The number of nitrogens with zero attached hydrogens (tertiary/aromatic N) is 2. The molecule has 1 aromatic carbocycles. The summed E-state index contributed by atoms with van der Waals surface area (Å²) in [5, 5.41) is 14.2. The van der Waals surface area contributed by atoms with Gasteiger partial charge in [-0.3, -0.25) is 9.59 Å². The molecule has 6 heteroatoms. The number of likely N-dealkylation sites (tertiary alicyclic amines) is 1. The lowest BCUT2D eigenvalue weighted by Crippen LogP contribution is -2.61. The van der Waals surface area contributed by atoms with E-state index in [1.807, 2.05) is 32.2 Å². The minimum Gasteiger partial charge on any atom is -0.511 e. The van der Waals surface area contributed by atoms with Crippen LogP contribution in [0, 0.1) is 5.41 Å². The Kier molecular flexibility index (Phi) is 6.01. The molecule has 0 spiro atoms. The molecular formula is C24H35N3O3. The minimum absolute atomic E-state index is 0.0900. The molecule has 0 unspecified atom stereocenters. The van der Waals surface area contributed by atoms with Crippen molar-refractivity contribution < 1.29 is 14.7 Å². The number of hydrogen-bond acceptors (Lipinski definition) is 4. The number of aliphatic hydroxyl groups is 1. The molecule has 2 aliphatic heterocycles. The molecule has 0 aliphatic carbocycles. The van der Waals surface area contributed by atoms with E-state index in [1.54, 1.807) is 11.9 Å². The van der Waals surface area contributed by atoms with Crippen LogP contribution in [0.3, 0.4) is 0 Å². The van der Waals surface area contributed by atoms with Crippen molar-refractivity contribution in [1.29, 1.82) is 0 Å². The first-order valence-corrected chi connectivity index (χ1v) is 10.8. The predicted octanol–water partition coefficient (Wildman–Crippen LogP) is 3.87. The zero-order valence-electron chi connectivity index (χ0n) is 19.2. The normalized spacial score (nSPS) is 25.2. The number of hydrogen-bond donors (Lipinski definition) is 2. The molecule has 0 saturated carbocycles. The number of aliphatic hydroxyl groups excluding tert-OH is 1. The monoisotopic (exact) mass is 413 g/mol. The van der Waals surface area contributed by atoms with Gasteiger partial charge < -0.3 is 20.2 Å². The highest BCUT2D eigenvalue weighted by Gasteiger charge is 2.52. The van der Waals surface area contributed by atoms with Gasteiger partial charge in [0.05, 0.1) is 5.41 Å². The Bertz CT molecular complexity index is 863. The SMILES string of the molecule is CC(C)c1cccc(C(C)C)c1NC(=O)C1=C(O)[C@@]2(C)CN(C)CC[C@@H]2N(C)C1=O. The highest BCUT2D eigenvalue weighted by Crippen LogP contribution is 2.43. The number of piperidine rings is 1. The first kappa shape index (κ1) is 22.3. The number of benzene rings is 1. The Balaban J connectivity index is 2.06. The maximum Gasteiger partial charge on any atom is 0.264 e. The Hall–Kier alpha value is -2.34. The Morgan fingerprint density at radius 1 is 1.17 bits per heavy atom. The van der Waals surface area contributed by atoms with Gasteiger partial charge in [-0.2, -0.15) is 0 Å². The van der Waals surface area contributed by atoms with Crippen molar-refractivity contribution in [2.45, 2.75) is 58.9 Å². The van der Waals surface area contributed by atoms with E-state index < -0.39 is 17.2 Å². The zero-order valence-corrected chi connectivity index (χ0v) is 19.2. The van der Waals surface area contributed by atoms with Crippen LogP contribution in [0.15, 0.2) is 29.5 Å². The van der Waals surface area contributed by atoms with Crippen LogP contribution in [0.1, 0.15) is 64.0 Å². The van der Waals surface area contributed by atoms with Crippen molar-refractivity contribution >= 4 is 17.5 Å². The first-order chi connectivity index (χ1) is 14.0. The molecule has 2 atom stereocenters. The molecule has 6 nitrogen and oxygen atoms in total. The lowest BCUT2D eigenvalue weighted by Gasteiger charge is -2.51. The van der Waals surface area contributed by atoms with Crippen molar-refractivity contribution in [3.05, 3.63) is 40.7 Å². The second-order valence-electron chi connectivity index (χ2n) is 9.67. The van der Waals surface area contributed by atoms with Crippen LogP contribution in [0.5, 0.6) is 0 Å². The Labute approximate surface area is 179 Å². The van der Waals surface area contributed by atoms with Gasteiger partial charge in [0.15, 0.2) is 0 Å². The number of likely N-dealkylation sites (N-methyl/N-ethyl adjacent to an activating group) is 1. The average Bonchev–Trinajstić information content (AvgIpc) is 2.66. The summed E-state index contributed by atoms with van der Waals surface area (Å²) in [6, 6.07) is 5.89. The topological polar surface area (TPSA) is 72.9 Å². The number of amides is 2. The molecule has 3 rings (SSSR count). The lowest BCUT2D eigenvalue weighted by molar-refractivity contribution is -0.137. The van der Waals surface area contributed by atoms with Crippen molar-refractivity contribution in [3.63, 3.8) is 0 Å². The lowest BCUT2D eigenvalue weighted by atomic mass is 9.71. The van der Waals surface area contributed by atoms with E-state index in [2.05, 4.69) is 37.9 Å². The van der Waals surface area contributed by atoms with E-state index in [1.165, 1.54) is 0 Å². The quantitative estimate of drug-likeness (QED) is 0.735. The van der Waals surface area contributed by atoms with Crippen molar-refractivity contribution in [2.75, 3.05) is 32.5 Å². The van der Waals surface area contributed by atoms with Crippen LogP contribution < -0.4 is 5.32 Å². The number of nitrogens with one attached hydrogen (secondary N) is 1. The van der Waals surface area contributed by atoms with E-state index in [0.717, 1.165) is 29.8 Å². The van der Waals surface area contributed by atoms with Crippen LogP contribution in [0.25, 0.3) is 0 Å². The van der Waals surface area contributed by atoms with Crippen LogP contribution in [-0.4, -0.2) is 59.9 Å². The van der Waals surface area contributed by atoms with Crippen LogP contribution >= 0.6 is 0 Å². The van der Waals surface area contributed by atoms with Crippen molar-refractivity contribution in [1.82, 2.24) is 9.80 Å². The minimum atomic E-state index is -0.666. The molecule has 0 bridgehead atoms. The fraction of sp³-hybridized carbons (Fsp3) is 0.583. The number of carbonyl (C=O) groups is 2. The van der Waals surface area contributed by atoms with Gasteiger partial charge in [0.1, 0.15) is 11.3 Å². The number of para-hydroxylation sites is 1. The highest BCUT2D eigenvalue weighted by atomic mass is 16.3. The van der Waals surface area contributed by atoms with Gasteiger partial charge in [-0.15, -0.1) is 0 Å². The van der Waals surface area contributed by atoms with Crippen LogP contribution in [0.4, 0.5) is 5.69 Å². The maximum atomic E-state index is 13.4. The molecule has 30 heavy (non-hydrogen) atoms. The second-order valence-corrected chi connectivity index (χ2v) is 9.67. The summed E-state index contributed by atoms with van der Waals surface area (Å²) < 4.78 is 0. The van der Waals surface area contributed by atoms with Crippen molar-refractivity contribution in [2.24, 2.45) is 5.41 Å². The third-order valence-electron chi connectivity index (χ3n) is 6.74. The molecular weight excluding hydrogens is 378 g/mol. The van der Waals surface area contributed by atoms with Crippen LogP contribution in [0.2, 0.25) is 0 Å². The summed E-state index contributed by atoms with van der Waals surface area (Å²) in [7, 11) is 3.73. The molecule has 164 valence electrons. The first-order valence-electron chi connectivity index (χ1n) is 10.8. The van der Waals surface area contributed by atoms with Gasteiger partial charge in [0.2, 0.25) is 0 Å². The fourth-order valence-electron chi connectivity index (χ4n) is 5.04. The molecule has 2 N–H and O–H groups in total. The van der Waals surface area contributed by atoms with Crippen LogP contribution in [-0.2, 0) is 9.59 Å². The molecule has 2 aliphatic rings. The Morgan fingerprint density at radius 3 is 2.27 bits per heavy atom. The molecule has 0 aromatic heterocycles. The second kappa shape index (κ2) is 8.06. The Morgan fingerprint density at radius 2 is 1.73 bits per heavy atom. The molecule has 1 aromatic rings. The van der Waals surface area contributed by atoms with Gasteiger partial charge in [-0.25, -0.2) is 0 Å². The number of fused-ring (bicyclic) bond motifs is 1. The summed E-state index contributed by atoms with van der Waals surface area (Å²) >= 11 is 0. The summed E-state index contributed by atoms with van der Waals surface area (Å²) in [4.78, 5) is 30.3. The summed E-state index contributed by atoms with van der Waals surface area (Å²) in [5.74, 6) is -0.620. The zero-order chi connectivity index (χ0) is 22.4. The highest BCUT2D eigenvalue weighted by molar-refractivity contribution is 6.24. The number of rotatable bonds is 4. The van der Waals surface area contributed by atoms with Gasteiger partial charge in [-0.05, 0) is 49.9 Å². The standard InChI is InChI=1S/C24H35N3O3/c1-14(2)16-9-8-10-17(15(3)4)20(16)25-22(29)19-21(28)24(5)13-26(6)12-11-18(24)27(7)23(19)30/h8-10,14-15,18,28H,11-13H2,1-7H3,(H,25,29)/t18-,24-/m0/s1. The average molecular weight is 414 g/mol. The third-order valence-corrected chi connectivity index (χ3v) is 6.74. The van der Waals surface area contributed by atoms with Gasteiger partial charge >= 0.3 is 0 Å². The van der Waals surface area contributed by atoms with E-state index in [-0.39, 0.29) is 29.2 Å². The summed E-state index contributed by atoms with van der Waals surface area (Å²) in [5.41, 5.74) is 1.98. The summed E-state index contributed by atoms with van der Waals surface area (Å²) in [6.45, 7) is 11.7. The molecule has 2 amide bonds. The van der Waals surface area contributed by atoms with Crippen molar-refractivity contribution in [3.8, 4) is 0 Å². The van der Waals surface area contributed by atoms with E-state index >= 15 is 0 Å². The molecule has 1 saturated heterocycles. The number of anilines is 1. The molecule has 1 fully saturated rings. The summed E-state index contributed by atoms with van der Waals surface area (Å²) in [6.07, 6.45) is 0.766. The van der Waals surface area contributed by atoms with Gasteiger partial charge in [0.25, 0.3) is 11.8 Å². The third kappa shape index (κ3) is 3.62. The smallest absolute Gasteiger partial charge is 0.264 e. The largest absolute Gasteiger partial charge is 0.511 e. The fourth-order valence-corrected chi connectivity index (χ4v) is 5.04. The predicted molar refractivity (Wildman–Crippen MR) is 120 cm³/mol. The van der Waals surface area contributed by atoms with E-state index in [9.17, 15) is 14.7 Å². The maximum absolute atomic E-state index is 13.4. The molecule has 0 radical (unpaired) electrons.